The number of aryl methyl sites for hydroxylation is 1. The first-order valence-corrected chi connectivity index (χ1v) is 5.68. The van der Waals surface area contributed by atoms with Gasteiger partial charge < -0.3 is 10.6 Å². The van der Waals surface area contributed by atoms with Crippen molar-refractivity contribution in [3.8, 4) is 0 Å². The predicted molar refractivity (Wildman–Crippen MR) is 65.9 cm³/mol. The Morgan fingerprint density at radius 3 is 2.53 bits per heavy atom. The molecule has 0 amide bonds. The number of nitrogens with two attached hydrogens (primary N) is 1. The summed E-state index contributed by atoms with van der Waals surface area (Å²) in [4.78, 5) is 2.32. The molecule has 0 aliphatic heterocycles. The number of benzene rings is 1. The van der Waals surface area contributed by atoms with Gasteiger partial charge in [-0.2, -0.15) is 0 Å². The van der Waals surface area contributed by atoms with Gasteiger partial charge in [0.1, 0.15) is 0 Å². The lowest BCUT2D eigenvalue weighted by Crippen LogP contribution is -2.36. The molecule has 0 spiro atoms. The third-order valence-electron chi connectivity index (χ3n) is 2.91. The molecule has 0 saturated heterocycles. The van der Waals surface area contributed by atoms with Gasteiger partial charge in [0.05, 0.1) is 0 Å². The Bertz CT molecular complexity index is 258. The van der Waals surface area contributed by atoms with Crippen LogP contribution in [0.2, 0.25) is 0 Å². The van der Waals surface area contributed by atoms with Gasteiger partial charge in [0.15, 0.2) is 0 Å². The highest BCUT2D eigenvalue weighted by molar-refractivity contribution is 5.14. The minimum atomic E-state index is 0.487. The molecule has 2 heteroatoms. The quantitative estimate of drug-likeness (QED) is 0.770. The molecule has 0 aromatic heterocycles. The van der Waals surface area contributed by atoms with Crippen molar-refractivity contribution in [3.05, 3.63) is 35.9 Å². The van der Waals surface area contributed by atoms with E-state index in [4.69, 9.17) is 5.73 Å². The van der Waals surface area contributed by atoms with Crippen molar-refractivity contribution < 1.29 is 0 Å². The van der Waals surface area contributed by atoms with Crippen molar-refractivity contribution in [2.45, 2.75) is 25.8 Å². The van der Waals surface area contributed by atoms with Gasteiger partial charge in [-0.1, -0.05) is 30.3 Å². The van der Waals surface area contributed by atoms with Crippen molar-refractivity contribution in [3.63, 3.8) is 0 Å². The highest BCUT2D eigenvalue weighted by Gasteiger charge is 2.05. The summed E-state index contributed by atoms with van der Waals surface area (Å²) in [5, 5.41) is 0. The highest BCUT2D eigenvalue weighted by Crippen LogP contribution is 2.04. The Morgan fingerprint density at radius 2 is 1.93 bits per heavy atom. The van der Waals surface area contributed by atoms with E-state index in [1.807, 2.05) is 0 Å². The van der Waals surface area contributed by atoms with Crippen LogP contribution in [0.1, 0.15) is 18.9 Å². The highest BCUT2D eigenvalue weighted by atomic mass is 15.1. The van der Waals surface area contributed by atoms with E-state index in [-0.39, 0.29) is 0 Å². The smallest absolute Gasteiger partial charge is 0.0187 e. The Hall–Kier alpha value is -0.860. The third kappa shape index (κ3) is 4.45. The minimum Gasteiger partial charge on any atom is -0.329 e. The lowest BCUT2D eigenvalue weighted by atomic mass is 10.1. The molecule has 15 heavy (non-hydrogen) atoms. The number of hydrogen-bond donors (Lipinski definition) is 1. The average Bonchev–Trinajstić information content (AvgIpc) is 2.29. The zero-order valence-corrected chi connectivity index (χ0v) is 9.82. The van der Waals surface area contributed by atoms with E-state index in [2.05, 4.69) is 49.2 Å². The molecule has 0 radical (unpaired) electrons. The fourth-order valence-corrected chi connectivity index (χ4v) is 1.58. The molecular formula is C13H22N2. The molecule has 0 heterocycles. The van der Waals surface area contributed by atoms with Crippen molar-refractivity contribution in [1.29, 1.82) is 0 Å². The fraction of sp³-hybridized carbons (Fsp3) is 0.538. The predicted octanol–water partition coefficient (Wildman–Crippen LogP) is 1.90. The Balaban J connectivity index is 2.22. The topological polar surface area (TPSA) is 29.3 Å². The maximum absolute atomic E-state index is 5.61. The van der Waals surface area contributed by atoms with Crippen LogP contribution in [0.25, 0.3) is 0 Å². The van der Waals surface area contributed by atoms with Gasteiger partial charge in [-0.3, -0.25) is 0 Å². The molecule has 0 fully saturated rings. The first-order chi connectivity index (χ1) is 7.24. The van der Waals surface area contributed by atoms with E-state index in [0.717, 1.165) is 19.5 Å². The molecule has 1 aromatic rings. The van der Waals surface area contributed by atoms with E-state index >= 15 is 0 Å². The summed E-state index contributed by atoms with van der Waals surface area (Å²) in [6, 6.07) is 11.1. The molecule has 84 valence electrons. The summed E-state index contributed by atoms with van der Waals surface area (Å²) in [7, 11) is 2.14. The lowest BCUT2D eigenvalue weighted by molar-refractivity contribution is 0.260. The molecule has 0 aliphatic rings. The molecule has 0 bridgehead atoms. The van der Waals surface area contributed by atoms with Crippen LogP contribution in [-0.2, 0) is 6.42 Å². The van der Waals surface area contributed by atoms with Crippen LogP contribution >= 0.6 is 0 Å². The maximum Gasteiger partial charge on any atom is 0.0187 e. The zero-order chi connectivity index (χ0) is 11.1. The molecule has 0 aliphatic carbocycles. The van der Waals surface area contributed by atoms with Gasteiger partial charge in [0.25, 0.3) is 0 Å². The van der Waals surface area contributed by atoms with Crippen LogP contribution in [0.5, 0.6) is 0 Å². The second-order valence-electron chi connectivity index (χ2n) is 4.15. The normalized spacial score (nSPS) is 13.1. The van der Waals surface area contributed by atoms with E-state index < -0.39 is 0 Å². The molecule has 0 saturated carbocycles. The summed E-state index contributed by atoms with van der Waals surface area (Å²) in [6.45, 7) is 4.03. The third-order valence-corrected chi connectivity index (χ3v) is 2.91. The van der Waals surface area contributed by atoms with E-state index in [1.54, 1.807) is 0 Å². The molecule has 2 N–H and O–H groups in total. The Labute approximate surface area is 93.1 Å². The molecule has 1 aromatic carbocycles. The second-order valence-corrected chi connectivity index (χ2v) is 4.15. The van der Waals surface area contributed by atoms with E-state index in [1.165, 1.54) is 12.0 Å². The van der Waals surface area contributed by atoms with Crippen molar-refractivity contribution in [2.75, 3.05) is 20.1 Å². The minimum absolute atomic E-state index is 0.487. The van der Waals surface area contributed by atoms with Crippen LogP contribution < -0.4 is 5.73 Å². The molecule has 2 nitrogen and oxygen atoms in total. The van der Waals surface area contributed by atoms with Crippen molar-refractivity contribution in [1.82, 2.24) is 4.90 Å². The van der Waals surface area contributed by atoms with Gasteiger partial charge in [-0.25, -0.2) is 0 Å². The summed E-state index contributed by atoms with van der Waals surface area (Å²) >= 11 is 0. The van der Waals surface area contributed by atoms with E-state index in [0.29, 0.717) is 6.04 Å². The Kier molecular flexibility index (Phi) is 5.37. The van der Waals surface area contributed by atoms with Crippen LogP contribution in [0, 0.1) is 0 Å². The largest absolute Gasteiger partial charge is 0.329 e. The standard InChI is InChI=1S/C13H22N2/c1-12(11-14)15(2)10-6-9-13-7-4-3-5-8-13/h3-5,7-8,12H,6,9-11,14H2,1-2H3. The molecule has 1 atom stereocenters. The van der Waals surface area contributed by atoms with Crippen LogP contribution in [0.15, 0.2) is 30.3 Å². The van der Waals surface area contributed by atoms with Crippen molar-refractivity contribution >= 4 is 0 Å². The summed E-state index contributed by atoms with van der Waals surface area (Å²) in [6.07, 6.45) is 2.35. The molecular weight excluding hydrogens is 184 g/mol. The van der Waals surface area contributed by atoms with Crippen LogP contribution in [-0.4, -0.2) is 31.1 Å². The van der Waals surface area contributed by atoms with Crippen LogP contribution in [0.4, 0.5) is 0 Å². The molecule has 1 unspecified atom stereocenters. The summed E-state index contributed by atoms with van der Waals surface area (Å²) < 4.78 is 0. The second kappa shape index (κ2) is 6.59. The van der Waals surface area contributed by atoms with Gasteiger partial charge >= 0.3 is 0 Å². The lowest BCUT2D eigenvalue weighted by Gasteiger charge is -2.23. The summed E-state index contributed by atoms with van der Waals surface area (Å²) in [5.41, 5.74) is 7.04. The van der Waals surface area contributed by atoms with Crippen molar-refractivity contribution in [2.24, 2.45) is 5.73 Å². The van der Waals surface area contributed by atoms with Gasteiger partial charge in [-0.05, 0) is 38.9 Å². The Morgan fingerprint density at radius 1 is 1.27 bits per heavy atom. The number of nitrogens with zero attached hydrogens (tertiary/aromatic N) is 1. The van der Waals surface area contributed by atoms with E-state index in [9.17, 15) is 0 Å². The van der Waals surface area contributed by atoms with Gasteiger partial charge in [0, 0.05) is 12.6 Å². The number of likely N-dealkylation sites (N-methyl/N-ethyl adjacent to an activating group) is 1. The van der Waals surface area contributed by atoms with Gasteiger partial charge in [-0.15, -0.1) is 0 Å². The fourth-order valence-electron chi connectivity index (χ4n) is 1.58. The van der Waals surface area contributed by atoms with Gasteiger partial charge in [0.2, 0.25) is 0 Å². The maximum atomic E-state index is 5.61. The number of rotatable bonds is 6. The monoisotopic (exact) mass is 206 g/mol. The zero-order valence-electron chi connectivity index (χ0n) is 9.82. The SMILES string of the molecule is CC(CN)N(C)CCCc1ccccc1. The number of hydrogen-bond acceptors (Lipinski definition) is 2. The molecule has 1 rings (SSSR count). The first kappa shape index (κ1) is 12.2. The average molecular weight is 206 g/mol. The summed E-state index contributed by atoms with van der Waals surface area (Å²) in [5.74, 6) is 0. The first-order valence-electron chi connectivity index (χ1n) is 5.68. The van der Waals surface area contributed by atoms with Crippen LogP contribution in [0.3, 0.4) is 0 Å².